The topological polar surface area (TPSA) is 61.8 Å². The maximum atomic E-state index is 6.32. The minimum absolute atomic E-state index is 0.402. The summed E-state index contributed by atoms with van der Waals surface area (Å²) in [6.07, 6.45) is 3.53. The Hall–Kier alpha value is -3.03. The van der Waals surface area contributed by atoms with Gasteiger partial charge in [-0.1, -0.05) is 12.1 Å². The third kappa shape index (κ3) is 4.74. The van der Waals surface area contributed by atoms with E-state index in [4.69, 9.17) is 18.8 Å². The van der Waals surface area contributed by atoms with Gasteiger partial charge in [0.25, 0.3) is 0 Å². The van der Waals surface area contributed by atoms with E-state index in [-0.39, 0.29) is 0 Å². The molecule has 32 heavy (non-hydrogen) atoms. The Labute approximate surface area is 190 Å². The normalized spacial score (nSPS) is 16.6. The minimum atomic E-state index is -0.545. The van der Waals surface area contributed by atoms with Gasteiger partial charge in [0.1, 0.15) is 18.1 Å². The van der Waals surface area contributed by atoms with Crippen molar-refractivity contribution < 1.29 is 18.8 Å². The summed E-state index contributed by atoms with van der Waals surface area (Å²) in [6.45, 7) is 8.57. The molecule has 0 atom stereocenters. The van der Waals surface area contributed by atoms with E-state index >= 15 is 0 Å². The van der Waals surface area contributed by atoms with E-state index in [0.717, 1.165) is 28.2 Å². The molecule has 0 aliphatic carbocycles. The summed E-state index contributed by atoms with van der Waals surface area (Å²) in [5.41, 5.74) is 2.75. The van der Waals surface area contributed by atoms with Crippen molar-refractivity contribution in [1.82, 2.24) is 4.98 Å². The molecule has 0 amide bonds. The van der Waals surface area contributed by atoms with Crippen LogP contribution in [0, 0.1) is 0 Å². The standard InChI is InChI=1S/C25H29BN2O4/c1-24(2)25(3,4)32-26(31-24)22-15-19(28-20-9-7-13-27-16-20)11-12-23(22)30-17-18-8-6-10-21(14-18)29-5/h6-16,28H,17H2,1-5H3. The zero-order chi connectivity index (χ0) is 22.8. The maximum Gasteiger partial charge on any atom is 0.498 e. The van der Waals surface area contributed by atoms with Crippen molar-refractivity contribution in [3.05, 3.63) is 72.6 Å². The number of rotatable bonds is 7. The van der Waals surface area contributed by atoms with Crippen LogP contribution in [-0.2, 0) is 15.9 Å². The molecule has 6 nitrogen and oxygen atoms in total. The average Bonchev–Trinajstić information content (AvgIpc) is 3.00. The molecular weight excluding hydrogens is 403 g/mol. The van der Waals surface area contributed by atoms with Crippen LogP contribution in [0.2, 0.25) is 0 Å². The van der Waals surface area contributed by atoms with Crippen molar-refractivity contribution in [3.8, 4) is 11.5 Å². The van der Waals surface area contributed by atoms with Crippen LogP contribution < -0.4 is 20.3 Å². The van der Waals surface area contributed by atoms with Gasteiger partial charge < -0.3 is 24.1 Å². The lowest BCUT2D eigenvalue weighted by Gasteiger charge is -2.32. The molecule has 1 fully saturated rings. The van der Waals surface area contributed by atoms with Gasteiger partial charge in [-0.3, -0.25) is 4.98 Å². The lowest BCUT2D eigenvalue weighted by atomic mass is 9.78. The van der Waals surface area contributed by atoms with E-state index < -0.39 is 18.3 Å². The number of ether oxygens (including phenoxy) is 2. The first-order valence-corrected chi connectivity index (χ1v) is 10.7. The first-order chi connectivity index (χ1) is 15.3. The van der Waals surface area contributed by atoms with Gasteiger partial charge in [0.15, 0.2) is 0 Å². The van der Waals surface area contributed by atoms with Crippen molar-refractivity contribution >= 4 is 24.0 Å². The Bertz CT molecular complexity index is 1060. The van der Waals surface area contributed by atoms with Crippen molar-refractivity contribution in [2.45, 2.75) is 45.5 Å². The molecule has 0 radical (unpaired) electrons. The van der Waals surface area contributed by atoms with Crippen LogP contribution in [0.5, 0.6) is 11.5 Å². The summed E-state index contributed by atoms with van der Waals surface area (Å²) in [5, 5.41) is 3.38. The highest BCUT2D eigenvalue weighted by atomic mass is 16.7. The van der Waals surface area contributed by atoms with Gasteiger partial charge in [-0.2, -0.15) is 0 Å². The van der Waals surface area contributed by atoms with Crippen LogP contribution in [0.1, 0.15) is 33.3 Å². The Morgan fingerprint density at radius 3 is 2.41 bits per heavy atom. The largest absolute Gasteiger partial charge is 0.498 e. The molecule has 0 spiro atoms. The van der Waals surface area contributed by atoms with Crippen molar-refractivity contribution in [1.29, 1.82) is 0 Å². The molecule has 0 bridgehead atoms. The lowest BCUT2D eigenvalue weighted by Crippen LogP contribution is -2.41. The van der Waals surface area contributed by atoms with Gasteiger partial charge in [0.2, 0.25) is 0 Å². The van der Waals surface area contributed by atoms with Crippen LogP contribution in [0.15, 0.2) is 67.0 Å². The van der Waals surface area contributed by atoms with Gasteiger partial charge >= 0.3 is 7.12 Å². The third-order valence-electron chi connectivity index (χ3n) is 6.00. The highest BCUT2D eigenvalue weighted by molar-refractivity contribution is 6.63. The number of nitrogens with zero attached hydrogens (tertiary/aromatic N) is 1. The monoisotopic (exact) mass is 432 g/mol. The quantitative estimate of drug-likeness (QED) is 0.546. The molecule has 166 valence electrons. The average molecular weight is 432 g/mol. The van der Waals surface area contributed by atoms with Gasteiger partial charge in [0.05, 0.1) is 30.2 Å². The van der Waals surface area contributed by atoms with E-state index in [1.54, 1.807) is 19.5 Å². The van der Waals surface area contributed by atoms with E-state index in [0.29, 0.717) is 12.4 Å². The number of benzene rings is 2. The molecule has 0 saturated carbocycles. The van der Waals surface area contributed by atoms with E-state index in [1.807, 2.05) is 82.3 Å². The zero-order valence-corrected chi connectivity index (χ0v) is 19.2. The second kappa shape index (κ2) is 8.84. The Balaban J connectivity index is 1.62. The minimum Gasteiger partial charge on any atom is -0.497 e. The fourth-order valence-electron chi connectivity index (χ4n) is 3.44. The number of methoxy groups -OCH3 is 1. The second-order valence-corrected chi connectivity index (χ2v) is 8.85. The van der Waals surface area contributed by atoms with Crippen LogP contribution in [0.3, 0.4) is 0 Å². The van der Waals surface area contributed by atoms with Crippen molar-refractivity contribution in [2.75, 3.05) is 12.4 Å². The Kier molecular flexibility index (Phi) is 6.13. The molecule has 7 heteroatoms. The molecule has 2 aromatic carbocycles. The summed E-state index contributed by atoms with van der Waals surface area (Å²) in [4.78, 5) is 4.17. The van der Waals surface area contributed by atoms with Crippen LogP contribution in [-0.4, -0.2) is 30.4 Å². The molecule has 4 rings (SSSR count). The van der Waals surface area contributed by atoms with Crippen molar-refractivity contribution in [2.24, 2.45) is 0 Å². The predicted octanol–water partition coefficient (Wildman–Crippen LogP) is 4.71. The number of nitrogens with one attached hydrogen (secondary N) is 1. The van der Waals surface area contributed by atoms with E-state index in [9.17, 15) is 0 Å². The zero-order valence-electron chi connectivity index (χ0n) is 19.2. The molecule has 2 heterocycles. The van der Waals surface area contributed by atoms with Crippen molar-refractivity contribution in [3.63, 3.8) is 0 Å². The van der Waals surface area contributed by atoms with Gasteiger partial charge in [-0.25, -0.2) is 0 Å². The molecule has 0 unspecified atom stereocenters. The SMILES string of the molecule is COc1cccc(COc2ccc(Nc3cccnc3)cc2B2OC(C)(C)C(C)(C)O2)c1. The summed E-state index contributed by atoms with van der Waals surface area (Å²) in [6, 6.07) is 17.6. The molecule has 3 aromatic rings. The molecule has 1 aliphatic heterocycles. The fourth-order valence-corrected chi connectivity index (χ4v) is 3.44. The summed E-state index contributed by atoms with van der Waals surface area (Å²) in [5.74, 6) is 1.51. The van der Waals surface area contributed by atoms with Gasteiger partial charge in [0, 0.05) is 17.3 Å². The van der Waals surface area contributed by atoms with Crippen LogP contribution >= 0.6 is 0 Å². The highest BCUT2D eigenvalue weighted by Crippen LogP contribution is 2.37. The third-order valence-corrected chi connectivity index (χ3v) is 6.00. The van der Waals surface area contributed by atoms with E-state index in [1.165, 1.54) is 0 Å². The fraction of sp³-hybridized carbons (Fsp3) is 0.320. The van der Waals surface area contributed by atoms with Gasteiger partial charge in [-0.05, 0) is 75.7 Å². The lowest BCUT2D eigenvalue weighted by molar-refractivity contribution is 0.00578. The first kappa shape index (κ1) is 22.2. The molecular formula is C25H29BN2O4. The summed E-state index contributed by atoms with van der Waals surface area (Å²) >= 11 is 0. The number of hydrogen-bond acceptors (Lipinski definition) is 6. The first-order valence-electron chi connectivity index (χ1n) is 10.7. The summed E-state index contributed by atoms with van der Waals surface area (Å²) < 4.78 is 24.2. The van der Waals surface area contributed by atoms with E-state index in [2.05, 4.69) is 10.3 Å². The van der Waals surface area contributed by atoms with Crippen LogP contribution in [0.25, 0.3) is 0 Å². The Morgan fingerprint density at radius 1 is 0.938 bits per heavy atom. The van der Waals surface area contributed by atoms with Crippen LogP contribution in [0.4, 0.5) is 11.4 Å². The number of hydrogen-bond donors (Lipinski definition) is 1. The molecule has 1 aliphatic rings. The number of aromatic nitrogens is 1. The smallest absolute Gasteiger partial charge is 0.497 e. The molecule has 1 saturated heterocycles. The summed E-state index contributed by atoms with van der Waals surface area (Å²) in [7, 11) is 1.11. The Morgan fingerprint density at radius 2 is 1.72 bits per heavy atom. The van der Waals surface area contributed by atoms with Gasteiger partial charge in [-0.15, -0.1) is 0 Å². The maximum absolute atomic E-state index is 6.32. The predicted molar refractivity (Wildman–Crippen MR) is 127 cm³/mol. The second-order valence-electron chi connectivity index (χ2n) is 8.85. The molecule has 1 aromatic heterocycles. The number of pyridine rings is 1. The number of anilines is 2. The highest BCUT2D eigenvalue weighted by Gasteiger charge is 2.52. The molecule has 1 N–H and O–H groups in total.